The zero-order chi connectivity index (χ0) is 22.6. The Morgan fingerprint density at radius 1 is 1.15 bits per heavy atom. The number of imidazole rings is 1. The summed E-state index contributed by atoms with van der Waals surface area (Å²) < 4.78 is 19.1. The monoisotopic (exact) mass is 484 g/mol. The molecule has 7 nitrogen and oxygen atoms in total. The van der Waals surface area contributed by atoms with Crippen molar-refractivity contribution < 1.29 is 14.2 Å². The van der Waals surface area contributed by atoms with Crippen LogP contribution in [-0.2, 0) is 4.74 Å². The van der Waals surface area contributed by atoms with Crippen molar-refractivity contribution in [2.75, 3.05) is 46.6 Å². The molecule has 33 heavy (non-hydrogen) atoms. The van der Waals surface area contributed by atoms with Crippen LogP contribution in [0.4, 0.5) is 0 Å². The number of nitrogens with zero attached hydrogens (tertiary/aromatic N) is 4. The molecule has 0 aliphatic carbocycles. The standard InChI is InChI=1S/C24H25ClN4O3S/c1-30-22-13-19-21(14-23(22)32-9-3-6-28-7-10-31-11-8-28)29(16-26-19)24-27-20(15-33-24)17-4-2-5-18(25)12-17/h2,4-5,12-16H,3,6-11H2,1H3. The van der Waals surface area contributed by atoms with E-state index in [2.05, 4.69) is 9.88 Å². The second-order valence-electron chi connectivity index (χ2n) is 7.79. The molecular formula is C24H25ClN4O3S. The SMILES string of the molecule is COc1cc2ncn(-c3nc(-c4cccc(Cl)c4)cs3)c2cc1OCCCN1CCOCC1. The van der Waals surface area contributed by atoms with Crippen LogP contribution in [-0.4, -0.2) is 66.0 Å². The summed E-state index contributed by atoms with van der Waals surface area (Å²) in [4.78, 5) is 11.8. The van der Waals surface area contributed by atoms with Gasteiger partial charge in [-0.15, -0.1) is 11.3 Å². The largest absolute Gasteiger partial charge is 0.493 e. The maximum Gasteiger partial charge on any atom is 0.195 e. The molecule has 0 bridgehead atoms. The molecule has 172 valence electrons. The maximum atomic E-state index is 6.15. The van der Waals surface area contributed by atoms with E-state index < -0.39 is 0 Å². The van der Waals surface area contributed by atoms with Gasteiger partial charge in [-0.25, -0.2) is 9.97 Å². The van der Waals surface area contributed by atoms with Gasteiger partial charge < -0.3 is 14.2 Å². The van der Waals surface area contributed by atoms with Crippen molar-refractivity contribution >= 4 is 34.0 Å². The highest BCUT2D eigenvalue weighted by Crippen LogP contribution is 2.34. The van der Waals surface area contributed by atoms with E-state index in [4.69, 9.17) is 30.8 Å². The van der Waals surface area contributed by atoms with Crippen LogP contribution in [0.2, 0.25) is 5.02 Å². The first-order chi connectivity index (χ1) is 16.2. The van der Waals surface area contributed by atoms with Gasteiger partial charge in [0.25, 0.3) is 0 Å². The van der Waals surface area contributed by atoms with Crippen molar-refractivity contribution in [2.24, 2.45) is 0 Å². The summed E-state index contributed by atoms with van der Waals surface area (Å²) in [5.41, 5.74) is 3.62. The molecule has 1 aliphatic rings. The number of morpholine rings is 1. The topological polar surface area (TPSA) is 61.6 Å². The van der Waals surface area contributed by atoms with Crippen LogP contribution in [0.5, 0.6) is 11.5 Å². The molecular weight excluding hydrogens is 460 g/mol. The number of benzene rings is 2. The second-order valence-corrected chi connectivity index (χ2v) is 9.06. The van der Waals surface area contributed by atoms with E-state index in [1.165, 1.54) is 0 Å². The van der Waals surface area contributed by atoms with Crippen LogP contribution in [0, 0.1) is 0 Å². The Morgan fingerprint density at radius 3 is 2.85 bits per heavy atom. The lowest BCUT2D eigenvalue weighted by Crippen LogP contribution is -2.37. The summed E-state index contributed by atoms with van der Waals surface area (Å²) in [5.74, 6) is 1.39. The first-order valence-electron chi connectivity index (χ1n) is 10.9. The molecule has 5 rings (SSSR count). The fraction of sp³-hybridized carbons (Fsp3) is 0.333. The molecule has 0 atom stereocenters. The van der Waals surface area contributed by atoms with Crippen molar-refractivity contribution in [1.82, 2.24) is 19.4 Å². The lowest BCUT2D eigenvalue weighted by molar-refractivity contribution is 0.0357. The number of hydrogen-bond donors (Lipinski definition) is 0. The zero-order valence-corrected chi connectivity index (χ0v) is 19.9. The van der Waals surface area contributed by atoms with E-state index in [-0.39, 0.29) is 0 Å². The van der Waals surface area contributed by atoms with E-state index in [0.29, 0.717) is 23.1 Å². The minimum atomic E-state index is 0.615. The normalized spacial score (nSPS) is 14.6. The molecule has 0 spiro atoms. The van der Waals surface area contributed by atoms with Gasteiger partial charge in [0.05, 0.1) is 43.7 Å². The van der Waals surface area contributed by atoms with E-state index in [9.17, 15) is 0 Å². The summed E-state index contributed by atoms with van der Waals surface area (Å²) in [7, 11) is 1.65. The summed E-state index contributed by atoms with van der Waals surface area (Å²) in [6.07, 6.45) is 2.73. The molecule has 3 heterocycles. The van der Waals surface area contributed by atoms with Crippen LogP contribution in [0.15, 0.2) is 48.1 Å². The predicted molar refractivity (Wildman–Crippen MR) is 131 cm³/mol. The van der Waals surface area contributed by atoms with Crippen LogP contribution in [0.3, 0.4) is 0 Å². The summed E-state index contributed by atoms with van der Waals surface area (Å²) in [5, 5.41) is 3.55. The highest BCUT2D eigenvalue weighted by Gasteiger charge is 2.15. The van der Waals surface area contributed by atoms with Crippen LogP contribution < -0.4 is 9.47 Å². The first kappa shape index (κ1) is 22.2. The third-order valence-corrected chi connectivity index (χ3v) is 6.71. The van der Waals surface area contributed by atoms with Crippen molar-refractivity contribution in [3.63, 3.8) is 0 Å². The van der Waals surface area contributed by atoms with Gasteiger partial charge in [-0.1, -0.05) is 23.7 Å². The number of aromatic nitrogens is 3. The number of ether oxygens (including phenoxy) is 3. The minimum absolute atomic E-state index is 0.615. The van der Waals surface area contributed by atoms with Crippen molar-refractivity contribution in [1.29, 1.82) is 0 Å². The molecule has 0 N–H and O–H groups in total. The van der Waals surface area contributed by atoms with E-state index >= 15 is 0 Å². The van der Waals surface area contributed by atoms with Crippen LogP contribution >= 0.6 is 22.9 Å². The van der Waals surface area contributed by atoms with Crippen LogP contribution in [0.25, 0.3) is 27.4 Å². The average molecular weight is 485 g/mol. The molecule has 1 saturated heterocycles. The fourth-order valence-electron chi connectivity index (χ4n) is 3.89. The number of thiazole rings is 1. The Hall–Kier alpha value is -2.65. The molecule has 0 amide bonds. The third-order valence-electron chi connectivity index (χ3n) is 5.63. The Morgan fingerprint density at radius 2 is 2.03 bits per heavy atom. The lowest BCUT2D eigenvalue weighted by Gasteiger charge is -2.26. The number of methoxy groups -OCH3 is 1. The lowest BCUT2D eigenvalue weighted by atomic mass is 10.2. The Labute approximate surface area is 201 Å². The van der Waals surface area contributed by atoms with E-state index in [1.807, 2.05) is 46.3 Å². The van der Waals surface area contributed by atoms with E-state index in [1.54, 1.807) is 24.8 Å². The molecule has 0 radical (unpaired) electrons. The maximum absolute atomic E-state index is 6.15. The van der Waals surface area contributed by atoms with Gasteiger partial charge in [0, 0.05) is 47.7 Å². The Kier molecular flexibility index (Phi) is 6.78. The number of fused-ring (bicyclic) bond motifs is 1. The van der Waals surface area contributed by atoms with Gasteiger partial charge in [0.15, 0.2) is 16.6 Å². The number of hydrogen-bond acceptors (Lipinski definition) is 7. The smallest absolute Gasteiger partial charge is 0.195 e. The molecule has 4 aromatic rings. The average Bonchev–Trinajstić information content (AvgIpc) is 3.49. The van der Waals surface area contributed by atoms with Gasteiger partial charge in [-0.2, -0.15) is 0 Å². The highest BCUT2D eigenvalue weighted by molar-refractivity contribution is 7.12. The van der Waals surface area contributed by atoms with Crippen LogP contribution in [0.1, 0.15) is 6.42 Å². The number of halogens is 1. The van der Waals surface area contributed by atoms with Crippen molar-refractivity contribution in [3.8, 4) is 27.9 Å². The molecule has 1 aliphatic heterocycles. The molecule has 0 saturated carbocycles. The van der Waals surface area contributed by atoms with Crippen molar-refractivity contribution in [2.45, 2.75) is 6.42 Å². The minimum Gasteiger partial charge on any atom is -0.493 e. The van der Waals surface area contributed by atoms with Gasteiger partial charge in [-0.05, 0) is 18.6 Å². The first-order valence-corrected chi connectivity index (χ1v) is 12.2. The molecule has 2 aromatic heterocycles. The molecule has 1 fully saturated rings. The Bertz CT molecular complexity index is 1240. The number of rotatable bonds is 8. The highest BCUT2D eigenvalue weighted by atomic mass is 35.5. The summed E-state index contributed by atoms with van der Waals surface area (Å²) in [6.45, 7) is 5.20. The zero-order valence-electron chi connectivity index (χ0n) is 18.4. The van der Waals surface area contributed by atoms with Gasteiger partial charge >= 0.3 is 0 Å². The predicted octanol–water partition coefficient (Wildman–Crippen LogP) is 4.91. The van der Waals surface area contributed by atoms with E-state index in [0.717, 1.165) is 66.7 Å². The Balaban J connectivity index is 1.35. The summed E-state index contributed by atoms with van der Waals surface area (Å²) >= 11 is 7.70. The third kappa shape index (κ3) is 4.99. The fourth-order valence-corrected chi connectivity index (χ4v) is 4.90. The molecule has 9 heteroatoms. The van der Waals surface area contributed by atoms with Crippen molar-refractivity contribution in [3.05, 3.63) is 53.1 Å². The van der Waals surface area contributed by atoms with Gasteiger partial charge in [0.1, 0.15) is 6.33 Å². The van der Waals surface area contributed by atoms with Gasteiger partial charge in [-0.3, -0.25) is 9.47 Å². The second kappa shape index (κ2) is 10.1. The summed E-state index contributed by atoms with van der Waals surface area (Å²) in [6, 6.07) is 11.6. The van der Waals surface area contributed by atoms with Gasteiger partial charge in [0.2, 0.25) is 0 Å². The quantitative estimate of drug-likeness (QED) is 0.331. The molecule has 0 unspecified atom stereocenters. The molecule has 2 aromatic carbocycles.